The lowest BCUT2D eigenvalue weighted by Crippen LogP contribution is -2.23. The molecule has 0 radical (unpaired) electrons. The first-order chi connectivity index (χ1) is 9.24. The third-order valence-electron chi connectivity index (χ3n) is 2.71. The predicted octanol–water partition coefficient (Wildman–Crippen LogP) is 1.82. The highest BCUT2D eigenvalue weighted by Crippen LogP contribution is 2.18. The number of rotatable bonds is 6. The van der Waals surface area contributed by atoms with Crippen LogP contribution in [0.3, 0.4) is 0 Å². The van der Waals surface area contributed by atoms with Crippen LogP contribution in [0.15, 0.2) is 33.8 Å². The van der Waals surface area contributed by atoms with Gasteiger partial charge < -0.3 is 9.47 Å². The lowest BCUT2D eigenvalue weighted by atomic mass is 10.2. The Hall–Kier alpha value is -1.24. The molecule has 1 aromatic carbocycles. The van der Waals surface area contributed by atoms with Gasteiger partial charge >= 0.3 is 0 Å². The highest BCUT2D eigenvalue weighted by molar-refractivity contribution is 9.10. The van der Waals surface area contributed by atoms with Crippen LogP contribution in [0.25, 0.3) is 10.9 Å². The van der Waals surface area contributed by atoms with Crippen LogP contribution in [-0.2, 0) is 16.0 Å². The van der Waals surface area contributed by atoms with Crippen LogP contribution in [0.5, 0.6) is 0 Å². The second-order valence-corrected chi connectivity index (χ2v) is 4.84. The molecule has 102 valence electrons. The fourth-order valence-electron chi connectivity index (χ4n) is 1.73. The summed E-state index contributed by atoms with van der Waals surface area (Å²) >= 11 is 3.38. The third-order valence-corrected chi connectivity index (χ3v) is 3.37. The van der Waals surface area contributed by atoms with Crippen LogP contribution in [-0.4, -0.2) is 36.5 Å². The van der Waals surface area contributed by atoms with Crippen LogP contribution < -0.4 is 5.56 Å². The van der Waals surface area contributed by atoms with Gasteiger partial charge in [-0.3, -0.25) is 9.36 Å². The predicted molar refractivity (Wildman–Crippen MR) is 76.4 cm³/mol. The van der Waals surface area contributed by atoms with Crippen molar-refractivity contribution >= 4 is 26.8 Å². The molecule has 0 aliphatic rings. The van der Waals surface area contributed by atoms with Gasteiger partial charge in [-0.05, 0) is 28.1 Å². The molecule has 0 spiro atoms. The Morgan fingerprint density at radius 1 is 1.32 bits per heavy atom. The van der Waals surface area contributed by atoms with Gasteiger partial charge in [-0.2, -0.15) is 0 Å². The second kappa shape index (κ2) is 6.79. The summed E-state index contributed by atoms with van der Waals surface area (Å²) in [6.07, 6.45) is 1.55. The topological polar surface area (TPSA) is 53.4 Å². The minimum Gasteiger partial charge on any atom is -0.382 e. The SMILES string of the molecule is COCCOCCn1cnc2cccc(Br)c2c1=O. The van der Waals surface area contributed by atoms with Gasteiger partial charge in [0.25, 0.3) is 5.56 Å². The lowest BCUT2D eigenvalue weighted by molar-refractivity contribution is 0.0662. The monoisotopic (exact) mass is 326 g/mol. The average Bonchev–Trinajstić information content (AvgIpc) is 2.41. The Labute approximate surface area is 119 Å². The minimum absolute atomic E-state index is 0.0622. The lowest BCUT2D eigenvalue weighted by Gasteiger charge is -2.08. The fourth-order valence-corrected chi connectivity index (χ4v) is 2.25. The van der Waals surface area contributed by atoms with Crippen molar-refractivity contribution in [2.24, 2.45) is 0 Å². The van der Waals surface area contributed by atoms with Crippen molar-refractivity contribution in [3.05, 3.63) is 39.4 Å². The van der Waals surface area contributed by atoms with Gasteiger partial charge in [-0.25, -0.2) is 4.98 Å². The molecule has 0 saturated carbocycles. The van der Waals surface area contributed by atoms with Crippen LogP contribution in [0.2, 0.25) is 0 Å². The molecule has 1 aromatic heterocycles. The van der Waals surface area contributed by atoms with E-state index in [4.69, 9.17) is 9.47 Å². The zero-order chi connectivity index (χ0) is 13.7. The molecular formula is C13H15BrN2O3. The molecule has 6 heteroatoms. The molecule has 1 heterocycles. The van der Waals surface area contributed by atoms with Crippen molar-refractivity contribution in [1.82, 2.24) is 9.55 Å². The van der Waals surface area contributed by atoms with E-state index >= 15 is 0 Å². The van der Waals surface area contributed by atoms with Crippen molar-refractivity contribution in [2.45, 2.75) is 6.54 Å². The summed E-state index contributed by atoms with van der Waals surface area (Å²) in [6.45, 7) is 2.01. The summed E-state index contributed by atoms with van der Waals surface area (Å²) in [5, 5.41) is 0.599. The Morgan fingerprint density at radius 2 is 2.16 bits per heavy atom. The van der Waals surface area contributed by atoms with E-state index < -0.39 is 0 Å². The largest absolute Gasteiger partial charge is 0.382 e. The van der Waals surface area contributed by atoms with Gasteiger partial charge in [-0.15, -0.1) is 0 Å². The summed E-state index contributed by atoms with van der Waals surface area (Å²) in [6, 6.07) is 5.52. The van der Waals surface area contributed by atoms with E-state index in [0.29, 0.717) is 37.3 Å². The maximum absolute atomic E-state index is 12.3. The Balaban J connectivity index is 2.14. The normalized spacial score (nSPS) is 11.1. The van der Waals surface area contributed by atoms with Crippen molar-refractivity contribution in [3.63, 3.8) is 0 Å². The number of ether oxygens (including phenoxy) is 2. The van der Waals surface area contributed by atoms with E-state index in [1.807, 2.05) is 18.2 Å². The molecule has 2 rings (SSSR count). The van der Waals surface area contributed by atoms with Crippen molar-refractivity contribution in [2.75, 3.05) is 26.9 Å². The molecular weight excluding hydrogens is 312 g/mol. The summed E-state index contributed by atoms with van der Waals surface area (Å²) in [4.78, 5) is 16.6. The maximum Gasteiger partial charge on any atom is 0.262 e. The molecule has 0 saturated heterocycles. The standard InChI is InChI=1S/C13H15BrN2O3/c1-18-7-8-19-6-5-16-9-15-11-4-2-3-10(14)12(11)13(16)17/h2-4,9H,5-8H2,1H3. The smallest absolute Gasteiger partial charge is 0.262 e. The van der Waals surface area contributed by atoms with Crippen LogP contribution in [0, 0.1) is 0 Å². The molecule has 0 N–H and O–H groups in total. The zero-order valence-electron chi connectivity index (χ0n) is 10.6. The number of benzene rings is 1. The number of halogens is 1. The summed E-state index contributed by atoms with van der Waals surface area (Å²) in [7, 11) is 1.62. The number of hydrogen-bond donors (Lipinski definition) is 0. The first-order valence-corrected chi connectivity index (χ1v) is 6.73. The van der Waals surface area contributed by atoms with E-state index in [1.54, 1.807) is 18.0 Å². The van der Waals surface area contributed by atoms with E-state index in [1.165, 1.54) is 0 Å². The van der Waals surface area contributed by atoms with Gasteiger partial charge in [0.05, 0.1) is 43.6 Å². The Morgan fingerprint density at radius 3 is 2.95 bits per heavy atom. The van der Waals surface area contributed by atoms with E-state index in [2.05, 4.69) is 20.9 Å². The molecule has 0 fully saturated rings. The van der Waals surface area contributed by atoms with Crippen LogP contribution >= 0.6 is 15.9 Å². The molecule has 19 heavy (non-hydrogen) atoms. The molecule has 0 aliphatic carbocycles. The quantitative estimate of drug-likeness (QED) is 0.760. The summed E-state index contributed by atoms with van der Waals surface area (Å²) in [5.74, 6) is 0. The number of fused-ring (bicyclic) bond motifs is 1. The summed E-state index contributed by atoms with van der Waals surface area (Å²) in [5.41, 5.74) is 0.628. The number of aromatic nitrogens is 2. The molecule has 2 aromatic rings. The Bertz CT molecular complexity index is 612. The molecule has 0 unspecified atom stereocenters. The van der Waals surface area contributed by atoms with Gasteiger partial charge in [-0.1, -0.05) is 6.07 Å². The number of hydrogen-bond acceptors (Lipinski definition) is 4. The molecule has 0 amide bonds. The van der Waals surface area contributed by atoms with Crippen molar-refractivity contribution < 1.29 is 9.47 Å². The first kappa shape index (κ1) is 14.2. The Kier molecular flexibility index (Phi) is 5.07. The molecule has 5 nitrogen and oxygen atoms in total. The van der Waals surface area contributed by atoms with E-state index in [9.17, 15) is 4.79 Å². The first-order valence-electron chi connectivity index (χ1n) is 5.94. The highest BCUT2D eigenvalue weighted by Gasteiger charge is 2.06. The van der Waals surface area contributed by atoms with Crippen molar-refractivity contribution in [3.8, 4) is 0 Å². The van der Waals surface area contributed by atoms with E-state index in [-0.39, 0.29) is 5.56 Å². The highest BCUT2D eigenvalue weighted by atomic mass is 79.9. The second-order valence-electron chi connectivity index (χ2n) is 3.98. The molecule has 0 bridgehead atoms. The number of nitrogens with zero attached hydrogens (tertiary/aromatic N) is 2. The maximum atomic E-state index is 12.3. The molecule has 0 aliphatic heterocycles. The molecule has 0 atom stereocenters. The number of methoxy groups -OCH3 is 1. The summed E-state index contributed by atoms with van der Waals surface area (Å²) < 4.78 is 12.5. The third kappa shape index (κ3) is 3.40. The van der Waals surface area contributed by atoms with Crippen LogP contribution in [0.1, 0.15) is 0 Å². The minimum atomic E-state index is -0.0622. The van der Waals surface area contributed by atoms with E-state index in [0.717, 1.165) is 4.47 Å². The van der Waals surface area contributed by atoms with Gasteiger partial charge in [0, 0.05) is 11.6 Å². The average molecular weight is 327 g/mol. The fraction of sp³-hybridized carbons (Fsp3) is 0.385. The zero-order valence-corrected chi connectivity index (χ0v) is 12.2. The van der Waals surface area contributed by atoms with Gasteiger partial charge in [0.2, 0.25) is 0 Å². The van der Waals surface area contributed by atoms with Crippen LogP contribution in [0.4, 0.5) is 0 Å². The van der Waals surface area contributed by atoms with Gasteiger partial charge in [0.1, 0.15) is 0 Å². The van der Waals surface area contributed by atoms with Crippen molar-refractivity contribution in [1.29, 1.82) is 0 Å². The van der Waals surface area contributed by atoms with Gasteiger partial charge in [0.15, 0.2) is 0 Å².